The van der Waals surface area contributed by atoms with Crippen molar-refractivity contribution in [2.24, 2.45) is 0 Å². The zero-order valence-electron chi connectivity index (χ0n) is 18.9. The van der Waals surface area contributed by atoms with E-state index in [0.29, 0.717) is 13.1 Å². The lowest BCUT2D eigenvalue weighted by Gasteiger charge is -2.31. The molecular formula is C27H26ClFN2O2S. The van der Waals surface area contributed by atoms with Crippen LogP contribution < -0.4 is 0 Å². The molecule has 34 heavy (non-hydrogen) atoms. The van der Waals surface area contributed by atoms with E-state index in [-0.39, 0.29) is 10.8 Å². The fourth-order valence-electron chi connectivity index (χ4n) is 5.14. The van der Waals surface area contributed by atoms with E-state index < -0.39 is 15.8 Å². The van der Waals surface area contributed by atoms with E-state index in [1.165, 1.54) is 50.7 Å². The number of rotatable bonds is 5. The second kappa shape index (κ2) is 9.17. The Kier molecular flexibility index (Phi) is 6.23. The fraction of sp³-hybridized carbons (Fsp3) is 0.259. The summed E-state index contributed by atoms with van der Waals surface area (Å²) in [5.41, 5.74) is 4.83. The number of hydrogen-bond donors (Lipinski definition) is 0. The Morgan fingerprint density at radius 2 is 1.68 bits per heavy atom. The quantitative estimate of drug-likeness (QED) is 0.322. The van der Waals surface area contributed by atoms with Crippen molar-refractivity contribution in [2.75, 3.05) is 13.1 Å². The number of benzene rings is 3. The van der Waals surface area contributed by atoms with Gasteiger partial charge in [0.05, 0.1) is 4.90 Å². The first-order chi connectivity index (χ1) is 16.3. The molecule has 0 amide bonds. The van der Waals surface area contributed by atoms with Crippen molar-refractivity contribution in [2.45, 2.75) is 37.1 Å². The van der Waals surface area contributed by atoms with Gasteiger partial charge in [-0.05, 0) is 79.3 Å². The van der Waals surface area contributed by atoms with E-state index in [1.54, 1.807) is 0 Å². The Hall–Kier alpha value is -2.67. The zero-order chi connectivity index (χ0) is 23.9. The van der Waals surface area contributed by atoms with Crippen molar-refractivity contribution in [3.8, 4) is 0 Å². The molecule has 1 fully saturated rings. The Balaban J connectivity index is 1.42. The SMILES string of the molecule is Cc1c(C2CCN(S(=O)(=O)c3ccc(F)cc3)CC2)c2ccccc2n1Cc1cccc(Cl)c1. The van der Waals surface area contributed by atoms with Crippen molar-refractivity contribution >= 4 is 32.5 Å². The second-order valence-corrected chi connectivity index (χ2v) is 11.2. The van der Waals surface area contributed by atoms with Gasteiger partial charge in [0.2, 0.25) is 10.0 Å². The highest BCUT2D eigenvalue weighted by Crippen LogP contribution is 2.38. The summed E-state index contributed by atoms with van der Waals surface area (Å²) in [5.74, 6) is -0.174. The first-order valence-corrected chi connectivity index (χ1v) is 13.2. The van der Waals surface area contributed by atoms with Crippen LogP contribution in [0, 0.1) is 12.7 Å². The first-order valence-electron chi connectivity index (χ1n) is 11.4. The number of para-hydroxylation sites is 1. The maximum atomic E-state index is 13.3. The molecule has 7 heteroatoms. The molecule has 3 aromatic carbocycles. The van der Waals surface area contributed by atoms with Gasteiger partial charge in [-0.2, -0.15) is 4.31 Å². The van der Waals surface area contributed by atoms with Crippen LogP contribution in [0.25, 0.3) is 10.9 Å². The van der Waals surface area contributed by atoms with Crippen molar-refractivity contribution in [1.29, 1.82) is 0 Å². The standard InChI is InChI=1S/C27H26ClFN2O2S/c1-19-27(21-13-15-30(16-14-21)34(32,33)24-11-9-23(29)10-12-24)25-7-2-3-8-26(25)31(19)18-20-5-4-6-22(28)17-20/h2-12,17,21H,13-16,18H2,1H3. The average molecular weight is 497 g/mol. The van der Waals surface area contributed by atoms with E-state index in [4.69, 9.17) is 11.6 Å². The maximum absolute atomic E-state index is 13.3. The summed E-state index contributed by atoms with van der Waals surface area (Å²) in [6, 6.07) is 21.4. The molecule has 4 aromatic rings. The van der Waals surface area contributed by atoms with Gasteiger partial charge in [-0.15, -0.1) is 0 Å². The van der Waals surface area contributed by atoms with E-state index in [1.807, 2.05) is 18.2 Å². The molecule has 1 aliphatic rings. The van der Waals surface area contributed by atoms with Crippen LogP contribution in [-0.4, -0.2) is 30.4 Å². The number of hydrogen-bond acceptors (Lipinski definition) is 2. The lowest BCUT2D eigenvalue weighted by molar-refractivity contribution is 0.319. The monoisotopic (exact) mass is 496 g/mol. The fourth-order valence-corrected chi connectivity index (χ4v) is 6.82. The highest BCUT2D eigenvalue weighted by atomic mass is 35.5. The van der Waals surface area contributed by atoms with E-state index in [9.17, 15) is 12.8 Å². The second-order valence-electron chi connectivity index (χ2n) is 8.86. The Bertz CT molecular complexity index is 1440. The molecule has 0 aliphatic carbocycles. The van der Waals surface area contributed by atoms with Gasteiger partial charge in [-0.25, -0.2) is 12.8 Å². The summed E-state index contributed by atoms with van der Waals surface area (Å²) in [7, 11) is -3.63. The molecule has 0 bridgehead atoms. The Labute approximate surface area is 204 Å². The smallest absolute Gasteiger partial charge is 0.243 e. The van der Waals surface area contributed by atoms with Crippen LogP contribution in [0.15, 0.2) is 77.7 Å². The van der Waals surface area contributed by atoms with Gasteiger partial charge >= 0.3 is 0 Å². The van der Waals surface area contributed by atoms with Crippen LogP contribution in [-0.2, 0) is 16.6 Å². The minimum Gasteiger partial charge on any atom is -0.340 e. The molecule has 0 N–H and O–H groups in total. The van der Waals surface area contributed by atoms with Gasteiger partial charge < -0.3 is 4.57 Å². The van der Waals surface area contributed by atoms with Crippen LogP contribution in [0.5, 0.6) is 0 Å². The predicted octanol–water partition coefficient (Wildman–Crippen LogP) is 6.36. The molecule has 1 saturated heterocycles. The summed E-state index contributed by atoms with van der Waals surface area (Å²) in [6.45, 7) is 3.77. The van der Waals surface area contributed by atoms with Gasteiger partial charge in [0, 0.05) is 41.3 Å². The van der Waals surface area contributed by atoms with E-state index >= 15 is 0 Å². The number of halogens is 2. The zero-order valence-corrected chi connectivity index (χ0v) is 20.5. The molecule has 4 nitrogen and oxygen atoms in total. The molecule has 0 spiro atoms. The van der Waals surface area contributed by atoms with Crippen molar-refractivity contribution in [1.82, 2.24) is 8.87 Å². The summed E-state index contributed by atoms with van der Waals surface area (Å²) in [4.78, 5) is 0.140. The lowest BCUT2D eigenvalue weighted by Crippen LogP contribution is -2.38. The van der Waals surface area contributed by atoms with Crippen LogP contribution in [0.3, 0.4) is 0 Å². The first kappa shape index (κ1) is 23.1. The van der Waals surface area contributed by atoms with Gasteiger partial charge in [0.15, 0.2) is 0 Å². The third-order valence-electron chi connectivity index (χ3n) is 6.82. The third-order valence-corrected chi connectivity index (χ3v) is 8.97. The number of sulfonamides is 1. The normalized spacial score (nSPS) is 15.7. The lowest BCUT2D eigenvalue weighted by atomic mass is 9.88. The van der Waals surface area contributed by atoms with Crippen molar-refractivity contribution < 1.29 is 12.8 Å². The van der Waals surface area contributed by atoms with Gasteiger partial charge in [0.25, 0.3) is 0 Å². The van der Waals surface area contributed by atoms with Gasteiger partial charge in [-0.3, -0.25) is 0 Å². The van der Waals surface area contributed by atoms with Gasteiger partial charge in [0.1, 0.15) is 5.82 Å². The molecular weight excluding hydrogens is 471 g/mol. The molecule has 0 saturated carbocycles. The van der Waals surface area contributed by atoms with Gasteiger partial charge in [-0.1, -0.05) is 41.9 Å². The van der Waals surface area contributed by atoms with Crippen molar-refractivity contribution in [3.63, 3.8) is 0 Å². The third kappa shape index (κ3) is 4.26. The summed E-state index contributed by atoms with van der Waals surface area (Å²) in [5, 5.41) is 1.95. The van der Waals surface area contributed by atoms with Crippen LogP contribution in [0.4, 0.5) is 4.39 Å². The van der Waals surface area contributed by atoms with E-state index in [2.05, 4.69) is 41.8 Å². The van der Waals surface area contributed by atoms with Crippen LogP contribution in [0.1, 0.15) is 35.6 Å². The molecule has 0 radical (unpaired) electrons. The molecule has 176 valence electrons. The van der Waals surface area contributed by atoms with E-state index in [0.717, 1.165) is 30.0 Å². The number of nitrogens with zero attached hydrogens (tertiary/aromatic N) is 2. The molecule has 2 heterocycles. The summed E-state index contributed by atoms with van der Waals surface area (Å²) >= 11 is 6.22. The maximum Gasteiger partial charge on any atom is 0.243 e. The minimum atomic E-state index is -3.63. The molecule has 1 aliphatic heterocycles. The average Bonchev–Trinajstić information content (AvgIpc) is 3.11. The van der Waals surface area contributed by atoms with Crippen LogP contribution in [0.2, 0.25) is 5.02 Å². The number of piperidine rings is 1. The predicted molar refractivity (Wildman–Crippen MR) is 134 cm³/mol. The Morgan fingerprint density at radius 3 is 2.38 bits per heavy atom. The highest BCUT2D eigenvalue weighted by Gasteiger charge is 2.32. The molecule has 5 rings (SSSR count). The summed E-state index contributed by atoms with van der Waals surface area (Å²) in [6.07, 6.45) is 1.48. The minimum absolute atomic E-state index is 0.140. The summed E-state index contributed by atoms with van der Waals surface area (Å²) < 4.78 is 43.2. The van der Waals surface area contributed by atoms with Crippen molar-refractivity contribution in [3.05, 3.63) is 100 Å². The molecule has 0 unspecified atom stereocenters. The number of aromatic nitrogens is 1. The molecule has 1 aromatic heterocycles. The van der Waals surface area contributed by atoms with Crippen LogP contribution >= 0.6 is 11.6 Å². The Morgan fingerprint density at radius 1 is 0.971 bits per heavy atom. The highest BCUT2D eigenvalue weighted by molar-refractivity contribution is 7.89. The molecule has 0 atom stereocenters. The topological polar surface area (TPSA) is 42.3 Å². The number of fused-ring (bicyclic) bond motifs is 1. The largest absolute Gasteiger partial charge is 0.340 e.